The fourth-order valence-corrected chi connectivity index (χ4v) is 4.96. The van der Waals surface area contributed by atoms with Gasteiger partial charge in [-0.3, -0.25) is 4.79 Å². The Morgan fingerprint density at radius 2 is 1.81 bits per heavy atom. The number of ether oxygens (including phenoxy) is 2. The van der Waals surface area contributed by atoms with Crippen LogP contribution in [0.4, 0.5) is 10.1 Å². The van der Waals surface area contributed by atoms with E-state index in [0.29, 0.717) is 31.0 Å². The molecule has 0 radical (unpaired) electrons. The summed E-state index contributed by atoms with van der Waals surface area (Å²) in [6.07, 6.45) is 2.19. The van der Waals surface area contributed by atoms with Crippen molar-refractivity contribution in [2.75, 3.05) is 25.5 Å². The van der Waals surface area contributed by atoms with E-state index >= 15 is 0 Å². The summed E-state index contributed by atoms with van der Waals surface area (Å²) in [6, 6.07) is 9.79. The van der Waals surface area contributed by atoms with E-state index in [4.69, 9.17) is 9.47 Å². The SMILES string of the molecule is CC[C@H](Oc1ccc(F)cc1)C(=O)Nc1cc(S(=O)(=O)N2CCCCC2)ccc1OC. The Morgan fingerprint density at radius 1 is 1.13 bits per heavy atom. The summed E-state index contributed by atoms with van der Waals surface area (Å²) in [5.74, 6) is -0.168. The van der Waals surface area contributed by atoms with Gasteiger partial charge in [0.1, 0.15) is 17.3 Å². The van der Waals surface area contributed by atoms with Crippen LogP contribution in [0.5, 0.6) is 11.5 Å². The molecule has 9 heteroatoms. The summed E-state index contributed by atoms with van der Waals surface area (Å²) in [6.45, 7) is 2.75. The van der Waals surface area contributed by atoms with Gasteiger partial charge in [-0.2, -0.15) is 4.31 Å². The van der Waals surface area contributed by atoms with Gasteiger partial charge in [-0.15, -0.1) is 0 Å². The van der Waals surface area contributed by atoms with Gasteiger partial charge in [0.05, 0.1) is 17.7 Å². The first-order valence-electron chi connectivity index (χ1n) is 10.3. The Hall–Kier alpha value is -2.65. The van der Waals surface area contributed by atoms with E-state index in [-0.39, 0.29) is 10.6 Å². The van der Waals surface area contributed by atoms with Gasteiger partial charge in [-0.25, -0.2) is 12.8 Å². The Balaban J connectivity index is 1.81. The van der Waals surface area contributed by atoms with Crippen LogP contribution in [0, 0.1) is 5.82 Å². The largest absolute Gasteiger partial charge is 0.495 e. The molecule has 0 spiro atoms. The fraction of sp³-hybridized carbons (Fsp3) is 0.409. The van der Waals surface area contributed by atoms with Crippen LogP contribution in [0.15, 0.2) is 47.4 Å². The highest BCUT2D eigenvalue weighted by molar-refractivity contribution is 7.89. The number of halogens is 1. The normalized spacial score (nSPS) is 15.8. The maximum absolute atomic E-state index is 13.1. The molecular formula is C22H27FN2O5S. The average molecular weight is 451 g/mol. The first-order chi connectivity index (χ1) is 14.8. The van der Waals surface area contributed by atoms with Crippen molar-refractivity contribution >= 4 is 21.6 Å². The molecule has 0 aromatic heterocycles. The predicted octanol–water partition coefficient (Wildman–Crippen LogP) is 3.81. The molecular weight excluding hydrogens is 423 g/mol. The van der Waals surface area contributed by atoms with Gasteiger partial charge < -0.3 is 14.8 Å². The van der Waals surface area contributed by atoms with Crippen molar-refractivity contribution in [1.29, 1.82) is 0 Å². The first-order valence-corrected chi connectivity index (χ1v) is 11.7. The standard InChI is InChI=1S/C22H27FN2O5S/c1-3-20(30-17-9-7-16(23)8-10-17)22(26)24-19-15-18(11-12-21(19)29-2)31(27,28)25-13-5-4-6-14-25/h7-12,15,20H,3-6,13-14H2,1-2H3,(H,24,26)/t20-/m0/s1. The summed E-state index contributed by atoms with van der Waals surface area (Å²) in [5.41, 5.74) is 0.242. The van der Waals surface area contributed by atoms with E-state index in [9.17, 15) is 17.6 Å². The lowest BCUT2D eigenvalue weighted by Crippen LogP contribution is -2.35. The molecule has 0 aliphatic carbocycles. The molecule has 7 nitrogen and oxygen atoms in total. The second kappa shape index (κ2) is 10.1. The molecule has 0 saturated carbocycles. The van der Waals surface area contributed by atoms with Gasteiger partial charge in [0, 0.05) is 13.1 Å². The Bertz CT molecular complexity index is 1010. The third-order valence-electron chi connectivity index (χ3n) is 5.14. The zero-order valence-electron chi connectivity index (χ0n) is 17.6. The first kappa shape index (κ1) is 23.0. The molecule has 1 saturated heterocycles. The number of sulfonamides is 1. The molecule has 3 rings (SSSR count). The predicted molar refractivity (Wildman–Crippen MR) is 115 cm³/mol. The third kappa shape index (κ3) is 5.54. The molecule has 1 fully saturated rings. The van der Waals surface area contributed by atoms with Crippen LogP contribution < -0.4 is 14.8 Å². The second-order valence-corrected chi connectivity index (χ2v) is 9.22. The number of nitrogens with zero attached hydrogens (tertiary/aromatic N) is 1. The number of rotatable bonds is 8. The van der Waals surface area contributed by atoms with E-state index in [2.05, 4.69) is 5.32 Å². The van der Waals surface area contributed by atoms with Gasteiger partial charge in [-0.1, -0.05) is 13.3 Å². The number of carbonyl (C=O) groups excluding carboxylic acids is 1. The van der Waals surface area contributed by atoms with Crippen molar-refractivity contribution in [3.63, 3.8) is 0 Å². The molecule has 1 aliphatic heterocycles. The van der Waals surface area contributed by atoms with Gasteiger partial charge in [0.25, 0.3) is 5.91 Å². The minimum Gasteiger partial charge on any atom is -0.495 e. The van der Waals surface area contributed by atoms with Crippen LogP contribution in [0.3, 0.4) is 0 Å². The van der Waals surface area contributed by atoms with E-state index in [1.165, 1.54) is 53.9 Å². The minimum atomic E-state index is -3.66. The molecule has 31 heavy (non-hydrogen) atoms. The minimum absolute atomic E-state index is 0.0954. The monoisotopic (exact) mass is 450 g/mol. The van der Waals surface area contributed by atoms with Gasteiger partial charge in [0.2, 0.25) is 10.0 Å². The van der Waals surface area contributed by atoms with Crippen molar-refractivity contribution in [3.05, 3.63) is 48.3 Å². The number of amides is 1. The molecule has 0 unspecified atom stereocenters. The number of hydrogen-bond donors (Lipinski definition) is 1. The number of piperidine rings is 1. The lowest BCUT2D eigenvalue weighted by molar-refractivity contribution is -0.122. The number of anilines is 1. The van der Waals surface area contributed by atoms with Crippen LogP contribution in [-0.2, 0) is 14.8 Å². The molecule has 1 aliphatic rings. The van der Waals surface area contributed by atoms with E-state index in [1.54, 1.807) is 6.92 Å². The van der Waals surface area contributed by atoms with Crippen molar-refractivity contribution < 1.29 is 27.1 Å². The lowest BCUT2D eigenvalue weighted by atomic mass is 10.2. The lowest BCUT2D eigenvalue weighted by Gasteiger charge is -2.26. The Morgan fingerprint density at radius 3 is 2.42 bits per heavy atom. The van der Waals surface area contributed by atoms with Crippen molar-refractivity contribution in [2.45, 2.75) is 43.6 Å². The highest BCUT2D eigenvalue weighted by Crippen LogP contribution is 2.30. The zero-order valence-corrected chi connectivity index (χ0v) is 18.5. The van der Waals surface area contributed by atoms with E-state index in [0.717, 1.165) is 19.3 Å². The average Bonchev–Trinajstić information content (AvgIpc) is 2.79. The van der Waals surface area contributed by atoms with E-state index in [1.807, 2.05) is 0 Å². The number of benzene rings is 2. The quantitative estimate of drug-likeness (QED) is 0.661. The molecule has 2 aromatic rings. The smallest absolute Gasteiger partial charge is 0.265 e. The van der Waals surface area contributed by atoms with Crippen LogP contribution in [0.1, 0.15) is 32.6 Å². The molecule has 1 N–H and O–H groups in total. The van der Waals surface area contributed by atoms with Crippen molar-refractivity contribution in [3.8, 4) is 11.5 Å². The topological polar surface area (TPSA) is 84.9 Å². The number of carbonyl (C=O) groups is 1. The number of nitrogens with one attached hydrogen (secondary N) is 1. The summed E-state index contributed by atoms with van der Waals surface area (Å²) in [7, 11) is -2.22. The van der Waals surface area contributed by atoms with Crippen LogP contribution in [0.25, 0.3) is 0 Å². The number of methoxy groups -OCH3 is 1. The fourth-order valence-electron chi connectivity index (χ4n) is 3.41. The number of hydrogen-bond acceptors (Lipinski definition) is 5. The van der Waals surface area contributed by atoms with Crippen LogP contribution >= 0.6 is 0 Å². The van der Waals surface area contributed by atoms with Gasteiger partial charge >= 0.3 is 0 Å². The molecule has 168 valence electrons. The van der Waals surface area contributed by atoms with E-state index < -0.39 is 27.9 Å². The maximum Gasteiger partial charge on any atom is 0.265 e. The van der Waals surface area contributed by atoms with Gasteiger partial charge in [-0.05, 0) is 61.7 Å². The molecule has 0 bridgehead atoms. The Labute approximate surface area is 182 Å². The third-order valence-corrected chi connectivity index (χ3v) is 7.03. The summed E-state index contributed by atoms with van der Waals surface area (Å²) in [4.78, 5) is 12.9. The summed E-state index contributed by atoms with van der Waals surface area (Å²) < 4.78 is 51.5. The summed E-state index contributed by atoms with van der Waals surface area (Å²) >= 11 is 0. The van der Waals surface area contributed by atoms with Crippen molar-refractivity contribution in [1.82, 2.24) is 4.31 Å². The second-order valence-electron chi connectivity index (χ2n) is 7.28. The maximum atomic E-state index is 13.1. The summed E-state index contributed by atoms with van der Waals surface area (Å²) in [5, 5.41) is 2.71. The molecule has 1 amide bonds. The zero-order chi connectivity index (χ0) is 22.4. The molecule has 1 atom stereocenters. The van der Waals surface area contributed by atoms with Gasteiger partial charge in [0.15, 0.2) is 6.10 Å². The van der Waals surface area contributed by atoms with Crippen LogP contribution in [-0.4, -0.2) is 44.9 Å². The van der Waals surface area contributed by atoms with Crippen LogP contribution in [0.2, 0.25) is 0 Å². The highest BCUT2D eigenvalue weighted by atomic mass is 32.2. The molecule has 1 heterocycles. The molecule has 2 aromatic carbocycles. The highest BCUT2D eigenvalue weighted by Gasteiger charge is 2.27. The Kier molecular flexibility index (Phi) is 7.50. The van der Waals surface area contributed by atoms with Crippen molar-refractivity contribution in [2.24, 2.45) is 0 Å².